The van der Waals surface area contributed by atoms with Crippen LogP contribution >= 0.6 is 44.2 Å². The molecule has 1 aromatic carbocycles. The van der Waals surface area contributed by atoms with Crippen molar-refractivity contribution >= 4 is 55.8 Å². The van der Waals surface area contributed by atoms with E-state index < -0.39 is 21.0 Å². The van der Waals surface area contributed by atoms with E-state index in [-0.39, 0.29) is 5.91 Å². The molecule has 2 aliphatic rings. The largest absolute Gasteiger partial charge is 0.339 e. The van der Waals surface area contributed by atoms with Gasteiger partial charge in [0.25, 0.3) is 5.91 Å². The lowest BCUT2D eigenvalue weighted by Crippen LogP contribution is -2.34. The summed E-state index contributed by atoms with van der Waals surface area (Å²) < 4.78 is 6.09. The molecule has 0 unspecified atom stereocenters. The number of carbonyl (C=O) groups excluding carboxylic acids is 1. The highest BCUT2D eigenvalue weighted by atomic mass is 127. The van der Waals surface area contributed by atoms with Gasteiger partial charge in [-0.2, -0.15) is 5.01 Å². The van der Waals surface area contributed by atoms with Crippen molar-refractivity contribution in [3.8, 4) is 0 Å². The highest BCUT2D eigenvalue weighted by molar-refractivity contribution is 14.2. The van der Waals surface area contributed by atoms with Crippen LogP contribution in [0.4, 0.5) is 0 Å². The molecule has 92 valence electrons. The molecule has 7 heteroatoms. The van der Waals surface area contributed by atoms with Crippen molar-refractivity contribution < 1.29 is 4.79 Å². The van der Waals surface area contributed by atoms with Gasteiger partial charge in [0, 0.05) is 15.7 Å². The molecule has 0 spiro atoms. The Morgan fingerprint density at radius 1 is 1.33 bits per heavy atom. The second-order valence-electron chi connectivity index (χ2n) is 3.60. The molecule has 0 fully saturated rings. The molecule has 2 aliphatic heterocycles. The third-order valence-electron chi connectivity index (χ3n) is 2.48. The molecule has 2 heterocycles. The number of amides is 1. The molecule has 4 nitrogen and oxygen atoms in total. The number of halogens is 3. The first kappa shape index (κ1) is 12.1. The van der Waals surface area contributed by atoms with Crippen molar-refractivity contribution in [1.82, 2.24) is 10.3 Å². The van der Waals surface area contributed by atoms with Gasteiger partial charge in [0.2, 0.25) is 0 Å². The van der Waals surface area contributed by atoms with Crippen molar-refractivity contribution in [2.75, 3.05) is 0 Å². The number of nitrogens with one attached hydrogen (secondary N) is 1. The maximum Gasteiger partial charge on any atom is 0.275 e. The van der Waals surface area contributed by atoms with Gasteiger partial charge in [-0.15, -0.1) is 3.25 Å². The fourth-order valence-corrected chi connectivity index (χ4v) is 3.55. The van der Waals surface area contributed by atoms with E-state index >= 15 is 0 Å². The maximum absolute atomic E-state index is 11.9. The third kappa shape index (κ3) is 1.96. The molecule has 0 aromatic heterocycles. The van der Waals surface area contributed by atoms with Gasteiger partial charge < -0.3 is 5.32 Å². The van der Waals surface area contributed by atoms with Crippen LogP contribution in [0.2, 0.25) is 10.0 Å². The summed E-state index contributed by atoms with van der Waals surface area (Å²) in [5.74, 6) is 0.546. The minimum atomic E-state index is -0.429. The summed E-state index contributed by atoms with van der Waals surface area (Å²) in [5.41, 5.74) is 1.36. The fourth-order valence-electron chi connectivity index (χ4n) is 1.65. The highest BCUT2D eigenvalue weighted by Gasteiger charge is 2.26. The Hall–Kier alpha value is -0.920. The predicted octanol–water partition coefficient (Wildman–Crippen LogP) is 3.65. The smallest absolute Gasteiger partial charge is 0.275 e. The number of carbonyl (C=O) groups is 1. The van der Waals surface area contributed by atoms with Gasteiger partial charge in [0.15, 0.2) is 0 Å². The van der Waals surface area contributed by atoms with Crippen molar-refractivity contribution in [2.45, 2.75) is 0 Å². The molecule has 0 radical (unpaired) electrons. The minimum absolute atomic E-state index is 0.164. The zero-order chi connectivity index (χ0) is 12.7. The quantitative estimate of drug-likeness (QED) is 0.740. The van der Waals surface area contributed by atoms with E-state index in [4.69, 9.17) is 23.2 Å². The van der Waals surface area contributed by atoms with E-state index in [9.17, 15) is 4.79 Å². The van der Waals surface area contributed by atoms with E-state index in [0.717, 1.165) is 0 Å². The van der Waals surface area contributed by atoms with Crippen LogP contribution in [0.1, 0.15) is 5.56 Å². The van der Waals surface area contributed by atoms with Gasteiger partial charge in [0.1, 0.15) is 5.82 Å². The van der Waals surface area contributed by atoms with Crippen LogP contribution in [0.5, 0.6) is 0 Å². The summed E-state index contributed by atoms with van der Waals surface area (Å²) in [6.45, 7) is 0. The number of rotatable bonds is 1. The second-order valence-corrected chi connectivity index (χ2v) is 6.00. The Kier molecular flexibility index (Phi) is 3.13. The van der Waals surface area contributed by atoms with E-state index in [0.29, 0.717) is 27.1 Å². The summed E-state index contributed by atoms with van der Waals surface area (Å²) >= 11 is 11.7. The van der Waals surface area contributed by atoms with E-state index in [2.05, 4.69) is 8.57 Å². The van der Waals surface area contributed by atoms with E-state index in [1.54, 1.807) is 12.1 Å². The number of hydrogen-bond donors (Lipinski definition) is 1. The van der Waals surface area contributed by atoms with Crippen molar-refractivity contribution in [1.29, 1.82) is 0 Å². The molecule has 0 aliphatic carbocycles. The summed E-state index contributed by atoms with van der Waals surface area (Å²) in [7, 11) is 0. The van der Waals surface area contributed by atoms with Crippen LogP contribution in [0.25, 0.3) is 5.70 Å². The standard InChI is InChI=1S/C11H6Cl2IN3O/c12-7-3-1-2-6(11(7)13)8-4-10(18)17-9(15-8)5-14-16-17/h1-5,15H. The van der Waals surface area contributed by atoms with Gasteiger partial charge >= 0.3 is 0 Å². The van der Waals surface area contributed by atoms with Crippen molar-refractivity contribution in [3.63, 3.8) is 0 Å². The molecule has 0 atom stereocenters. The molecule has 1 aromatic rings. The summed E-state index contributed by atoms with van der Waals surface area (Å²) in [4.78, 5) is 11.9. The first-order chi connectivity index (χ1) is 8.66. The zero-order valence-corrected chi connectivity index (χ0v) is 12.5. The fraction of sp³-hybridized carbons (Fsp3) is 0. The number of benzene rings is 1. The minimum Gasteiger partial charge on any atom is -0.339 e. The normalized spacial score (nSPS) is 17.7. The van der Waals surface area contributed by atoms with Gasteiger partial charge in [-0.3, -0.25) is 4.79 Å². The zero-order valence-electron chi connectivity index (χ0n) is 8.82. The summed E-state index contributed by atoms with van der Waals surface area (Å²) in [5, 5.41) is 5.43. The van der Waals surface area contributed by atoms with Crippen LogP contribution in [-0.2, 0) is 4.79 Å². The summed E-state index contributed by atoms with van der Waals surface area (Å²) in [6, 6.07) is 5.32. The van der Waals surface area contributed by atoms with Crippen LogP contribution < -0.4 is 5.32 Å². The van der Waals surface area contributed by atoms with Crippen LogP contribution in [0, 0.1) is 0 Å². The molecule has 0 bridgehead atoms. The van der Waals surface area contributed by atoms with E-state index in [1.807, 2.05) is 10.1 Å². The Morgan fingerprint density at radius 3 is 3.00 bits per heavy atom. The molecule has 18 heavy (non-hydrogen) atoms. The van der Waals surface area contributed by atoms with Crippen molar-refractivity contribution in [2.24, 2.45) is 3.25 Å². The number of nitrogens with zero attached hydrogens (tertiary/aromatic N) is 2. The Balaban J connectivity index is 2.06. The van der Waals surface area contributed by atoms with Gasteiger partial charge in [-0.05, 0) is 6.07 Å². The van der Waals surface area contributed by atoms with Crippen molar-refractivity contribution in [3.05, 3.63) is 49.8 Å². The Bertz CT molecular complexity index is 639. The summed E-state index contributed by atoms with van der Waals surface area (Å²) in [6.07, 6.45) is 1.48. The van der Waals surface area contributed by atoms with Crippen LogP contribution in [-0.4, -0.2) is 10.9 Å². The average molecular weight is 394 g/mol. The topological polar surface area (TPSA) is 44.7 Å². The Morgan fingerprint density at radius 2 is 2.17 bits per heavy atom. The average Bonchev–Trinajstić information content (AvgIpc) is 2.81. The second kappa shape index (κ2) is 4.64. The van der Waals surface area contributed by atoms with E-state index in [1.165, 1.54) is 11.1 Å². The molecule has 0 saturated carbocycles. The molecule has 0 saturated heterocycles. The van der Waals surface area contributed by atoms with Gasteiger partial charge in [0.05, 0.1) is 36.8 Å². The Labute approximate surface area is 123 Å². The van der Waals surface area contributed by atoms with Gasteiger partial charge in [-0.1, -0.05) is 35.3 Å². The lowest BCUT2D eigenvalue weighted by atomic mass is 10.1. The molecular weight excluding hydrogens is 388 g/mol. The molecule has 1 N–H and O–H groups in total. The molecule has 1 amide bonds. The monoisotopic (exact) mass is 393 g/mol. The highest BCUT2D eigenvalue weighted by Crippen LogP contribution is 2.33. The number of hydrogen-bond acceptors (Lipinski definition) is 3. The maximum atomic E-state index is 11.9. The lowest BCUT2D eigenvalue weighted by Gasteiger charge is -2.23. The SMILES string of the molecule is O=C1C=C(c2cccc(Cl)c2Cl)NC2=CI=NN12. The van der Waals surface area contributed by atoms with Crippen LogP contribution in [0.3, 0.4) is 0 Å². The lowest BCUT2D eigenvalue weighted by molar-refractivity contribution is -0.124. The first-order valence-corrected chi connectivity index (χ1v) is 7.94. The van der Waals surface area contributed by atoms with Crippen LogP contribution in [0.15, 0.2) is 37.4 Å². The first-order valence-electron chi connectivity index (χ1n) is 4.98. The predicted molar refractivity (Wildman–Crippen MR) is 79.0 cm³/mol. The molecule has 3 rings (SSSR count). The van der Waals surface area contributed by atoms with Gasteiger partial charge in [-0.25, -0.2) is 0 Å². The third-order valence-corrected chi connectivity index (χ3v) is 4.85. The molecular formula is C11H6Cl2IN3O. The number of fused-ring (bicyclic) bond motifs is 1.